The van der Waals surface area contributed by atoms with Crippen molar-refractivity contribution in [2.45, 2.75) is 13.0 Å². The summed E-state index contributed by atoms with van der Waals surface area (Å²) in [6.45, 7) is 1.99. The van der Waals surface area contributed by atoms with Crippen molar-refractivity contribution in [1.29, 1.82) is 0 Å². The van der Waals surface area contributed by atoms with Crippen LogP contribution in [0.25, 0.3) is 10.2 Å². The lowest BCUT2D eigenvalue weighted by molar-refractivity contribution is 0.208. The van der Waals surface area contributed by atoms with E-state index in [-0.39, 0.29) is 12.1 Å². The average Bonchev–Trinajstić information content (AvgIpc) is 3.22. The van der Waals surface area contributed by atoms with Gasteiger partial charge in [0.05, 0.1) is 16.3 Å². The Kier molecular flexibility index (Phi) is 5.78. The number of nitrogens with zero attached hydrogens (tertiary/aromatic N) is 2. The molecule has 1 heterocycles. The number of thiazole rings is 1. The Labute approximate surface area is 180 Å². The maximum Gasteiger partial charge on any atom is 0.322 e. The largest absolute Gasteiger partial charge is 0.322 e. The van der Waals surface area contributed by atoms with Crippen LogP contribution >= 0.6 is 11.3 Å². The second-order valence-corrected chi connectivity index (χ2v) is 8.00. The molecule has 0 radical (unpaired) electrons. The molecule has 148 valence electrons. The smallest absolute Gasteiger partial charge is 0.318 e. The maximum atomic E-state index is 12.8. The molecule has 0 saturated carbocycles. The van der Waals surface area contributed by atoms with Gasteiger partial charge >= 0.3 is 6.03 Å². The van der Waals surface area contributed by atoms with E-state index in [1.807, 2.05) is 85.8 Å². The predicted octanol–water partition coefficient (Wildman–Crippen LogP) is 5.92. The molecule has 1 unspecified atom stereocenters. The molecule has 1 aromatic heterocycles. The number of carbonyl (C=O) groups excluding carboxylic acids is 1. The lowest BCUT2D eigenvalue weighted by atomic mass is 10.1. The van der Waals surface area contributed by atoms with Crippen molar-refractivity contribution in [1.82, 2.24) is 9.88 Å². The molecule has 0 aliphatic carbocycles. The van der Waals surface area contributed by atoms with Gasteiger partial charge in [0.25, 0.3) is 0 Å². The van der Waals surface area contributed by atoms with Crippen molar-refractivity contribution in [2.24, 2.45) is 0 Å². The van der Waals surface area contributed by atoms with E-state index in [0.29, 0.717) is 5.69 Å². The van der Waals surface area contributed by atoms with Crippen LogP contribution in [0, 0.1) is 11.8 Å². The van der Waals surface area contributed by atoms with Crippen LogP contribution in [0.5, 0.6) is 0 Å². The van der Waals surface area contributed by atoms with E-state index < -0.39 is 0 Å². The van der Waals surface area contributed by atoms with Gasteiger partial charge in [0.15, 0.2) is 0 Å². The number of hydrogen-bond acceptors (Lipinski definition) is 3. The highest BCUT2D eigenvalue weighted by atomic mass is 32.1. The minimum atomic E-state index is -0.185. The molecule has 4 aromatic rings. The molecule has 0 spiro atoms. The summed E-state index contributed by atoms with van der Waals surface area (Å²) in [5.41, 5.74) is 3.47. The average molecular weight is 412 g/mol. The van der Waals surface area contributed by atoms with Crippen LogP contribution in [0.15, 0.2) is 78.9 Å². The molecular weight excluding hydrogens is 390 g/mol. The van der Waals surface area contributed by atoms with E-state index in [4.69, 9.17) is 0 Å². The van der Waals surface area contributed by atoms with E-state index in [2.05, 4.69) is 22.1 Å². The van der Waals surface area contributed by atoms with Gasteiger partial charge in [-0.05, 0) is 49.4 Å². The second kappa shape index (κ2) is 8.81. The van der Waals surface area contributed by atoms with Gasteiger partial charge in [-0.3, -0.25) is 0 Å². The summed E-state index contributed by atoms with van der Waals surface area (Å²) in [4.78, 5) is 19.1. The lowest BCUT2D eigenvalue weighted by Crippen LogP contribution is -2.33. The van der Waals surface area contributed by atoms with Gasteiger partial charge in [-0.15, -0.1) is 11.3 Å². The van der Waals surface area contributed by atoms with Gasteiger partial charge in [0, 0.05) is 23.9 Å². The first-order valence-corrected chi connectivity index (χ1v) is 10.5. The number of amides is 2. The molecule has 4 rings (SSSR count). The Bertz CT molecular complexity index is 1200. The third-order valence-corrected chi connectivity index (χ3v) is 6.01. The summed E-state index contributed by atoms with van der Waals surface area (Å²) in [5.74, 6) is 6.28. The number of para-hydroxylation sites is 1. The molecule has 0 fully saturated rings. The molecule has 1 N–H and O–H groups in total. The molecule has 0 saturated heterocycles. The number of carbonyl (C=O) groups is 1. The Morgan fingerprint density at radius 1 is 0.967 bits per heavy atom. The molecule has 2 amide bonds. The lowest BCUT2D eigenvalue weighted by Gasteiger charge is -2.23. The molecule has 0 aliphatic rings. The third kappa shape index (κ3) is 4.51. The van der Waals surface area contributed by atoms with Gasteiger partial charge in [0.2, 0.25) is 0 Å². The van der Waals surface area contributed by atoms with Crippen molar-refractivity contribution < 1.29 is 4.79 Å². The number of nitrogens with one attached hydrogen (secondary N) is 1. The monoisotopic (exact) mass is 411 g/mol. The van der Waals surface area contributed by atoms with Crippen molar-refractivity contribution >= 4 is 33.3 Å². The Morgan fingerprint density at radius 3 is 2.47 bits per heavy atom. The van der Waals surface area contributed by atoms with Gasteiger partial charge in [-0.25, -0.2) is 9.78 Å². The van der Waals surface area contributed by atoms with E-state index in [9.17, 15) is 4.79 Å². The molecule has 5 heteroatoms. The molecule has 3 aromatic carbocycles. The summed E-state index contributed by atoms with van der Waals surface area (Å²) in [7, 11) is 1.78. The molecule has 0 aliphatic heterocycles. The van der Waals surface area contributed by atoms with Crippen LogP contribution in [0.1, 0.15) is 29.1 Å². The zero-order chi connectivity index (χ0) is 20.9. The number of fused-ring (bicyclic) bond motifs is 1. The first-order chi connectivity index (χ1) is 14.6. The first-order valence-electron chi connectivity index (χ1n) is 9.66. The number of rotatable bonds is 3. The van der Waals surface area contributed by atoms with Crippen molar-refractivity contribution in [3.8, 4) is 11.8 Å². The summed E-state index contributed by atoms with van der Waals surface area (Å²) in [6.07, 6.45) is 0. The Balaban J connectivity index is 1.46. The fourth-order valence-corrected chi connectivity index (χ4v) is 4.03. The van der Waals surface area contributed by atoms with Crippen LogP contribution in [-0.4, -0.2) is 23.0 Å². The summed E-state index contributed by atoms with van der Waals surface area (Å²) in [6, 6.07) is 25.1. The predicted molar refractivity (Wildman–Crippen MR) is 124 cm³/mol. The normalized spacial score (nSPS) is 11.4. The van der Waals surface area contributed by atoms with Crippen LogP contribution in [0.3, 0.4) is 0 Å². The van der Waals surface area contributed by atoms with Crippen molar-refractivity contribution in [2.75, 3.05) is 12.4 Å². The molecule has 4 nitrogen and oxygen atoms in total. The van der Waals surface area contributed by atoms with Crippen molar-refractivity contribution in [3.63, 3.8) is 0 Å². The minimum absolute atomic E-state index is 0.136. The van der Waals surface area contributed by atoms with Crippen LogP contribution in [0.4, 0.5) is 10.5 Å². The Morgan fingerprint density at radius 2 is 1.67 bits per heavy atom. The van der Waals surface area contributed by atoms with Gasteiger partial charge in [0.1, 0.15) is 5.01 Å². The molecular formula is C25H21N3OS. The summed E-state index contributed by atoms with van der Waals surface area (Å²) in [5, 5.41) is 3.87. The van der Waals surface area contributed by atoms with E-state index in [1.165, 1.54) is 0 Å². The highest BCUT2D eigenvalue weighted by Crippen LogP contribution is 2.29. The van der Waals surface area contributed by atoms with E-state index >= 15 is 0 Å². The van der Waals surface area contributed by atoms with Crippen molar-refractivity contribution in [3.05, 3.63) is 95.0 Å². The standard InChI is InChI=1S/C25H21N3OS/c1-18(24-27-22-13-6-7-14-23(22)30-24)28(2)25(29)26-21-12-8-11-20(17-21)16-15-19-9-4-3-5-10-19/h3-14,17-18H,1-2H3,(H,26,29). The highest BCUT2D eigenvalue weighted by Gasteiger charge is 2.20. The minimum Gasteiger partial charge on any atom is -0.318 e. The molecule has 30 heavy (non-hydrogen) atoms. The fourth-order valence-electron chi connectivity index (χ4n) is 2.96. The van der Waals surface area contributed by atoms with Crippen LogP contribution in [0.2, 0.25) is 0 Å². The number of benzene rings is 3. The number of urea groups is 1. The maximum absolute atomic E-state index is 12.8. The number of aromatic nitrogens is 1. The van der Waals surface area contributed by atoms with Crippen LogP contribution in [-0.2, 0) is 0 Å². The van der Waals surface area contributed by atoms with E-state index in [1.54, 1.807) is 23.3 Å². The summed E-state index contributed by atoms with van der Waals surface area (Å²) >= 11 is 1.61. The topological polar surface area (TPSA) is 45.2 Å². The Hall–Kier alpha value is -3.62. The highest BCUT2D eigenvalue weighted by molar-refractivity contribution is 7.18. The van der Waals surface area contributed by atoms with Crippen LogP contribution < -0.4 is 5.32 Å². The quantitative estimate of drug-likeness (QED) is 0.425. The fraction of sp³-hybridized carbons (Fsp3) is 0.120. The molecule has 0 bridgehead atoms. The summed E-state index contributed by atoms with van der Waals surface area (Å²) < 4.78 is 1.12. The zero-order valence-electron chi connectivity index (χ0n) is 16.8. The third-order valence-electron chi connectivity index (χ3n) is 4.81. The number of hydrogen-bond donors (Lipinski definition) is 1. The van der Waals surface area contributed by atoms with E-state index in [0.717, 1.165) is 26.4 Å². The first kappa shape index (κ1) is 19.7. The zero-order valence-corrected chi connectivity index (χ0v) is 17.6. The SMILES string of the molecule is CC(c1nc2ccccc2s1)N(C)C(=O)Nc1cccc(C#Cc2ccccc2)c1. The van der Waals surface area contributed by atoms with Gasteiger partial charge in [-0.1, -0.05) is 48.2 Å². The van der Waals surface area contributed by atoms with Gasteiger partial charge < -0.3 is 10.2 Å². The molecule has 1 atom stereocenters. The number of anilines is 1. The van der Waals surface area contributed by atoms with Gasteiger partial charge in [-0.2, -0.15) is 0 Å². The second-order valence-electron chi connectivity index (χ2n) is 6.93.